The first-order valence-electron chi connectivity index (χ1n) is 6.85. The molecular weight excluding hydrogens is 350 g/mol. The molecule has 0 unspecified atom stereocenters. The molecule has 6 nitrogen and oxygen atoms in total. The molecule has 1 fully saturated rings. The molecule has 1 amide bonds. The zero-order valence-corrected chi connectivity index (χ0v) is 14.5. The van der Waals surface area contributed by atoms with Crippen molar-refractivity contribution in [1.82, 2.24) is 4.90 Å². The fraction of sp³-hybridized carbons (Fsp3) is 0.188. The average Bonchev–Trinajstić information content (AvgIpc) is 2.81. The van der Waals surface area contributed by atoms with Crippen LogP contribution in [-0.2, 0) is 9.59 Å². The largest absolute Gasteiger partial charge is 0.493 e. The minimum atomic E-state index is -1.08. The van der Waals surface area contributed by atoms with Crippen molar-refractivity contribution >= 4 is 46.3 Å². The molecule has 0 aromatic heterocycles. The van der Waals surface area contributed by atoms with Gasteiger partial charge in [0.15, 0.2) is 18.1 Å². The summed E-state index contributed by atoms with van der Waals surface area (Å²) in [5.74, 6) is -0.551. The predicted molar refractivity (Wildman–Crippen MR) is 96.2 cm³/mol. The van der Waals surface area contributed by atoms with Crippen LogP contribution in [0, 0.1) is 0 Å². The number of amides is 1. The number of hydrogen-bond acceptors (Lipinski definition) is 6. The molecule has 0 spiro atoms. The maximum absolute atomic E-state index is 12.3. The number of carboxylic acids is 1. The van der Waals surface area contributed by atoms with E-state index in [0.717, 1.165) is 0 Å². The first-order chi connectivity index (χ1) is 11.5. The van der Waals surface area contributed by atoms with Crippen LogP contribution in [0.1, 0.15) is 5.56 Å². The van der Waals surface area contributed by atoms with E-state index in [9.17, 15) is 9.59 Å². The van der Waals surface area contributed by atoms with Gasteiger partial charge in [-0.05, 0) is 23.8 Å². The third-order valence-electron chi connectivity index (χ3n) is 3.02. The molecule has 1 heterocycles. The van der Waals surface area contributed by atoms with Gasteiger partial charge in [-0.25, -0.2) is 4.79 Å². The summed E-state index contributed by atoms with van der Waals surface area (Å²) in [5.41, 5.74) is 0.716. The zero-order valence-electron chi connectivity index (χ0n) is 12.9. The van der Waals surface area contributed by atoms with Gasteiger partial charge in [-0.1, -0.05) is 36.1 Å². The molecule has 0 atom stereocenters. The van der Waals surface area contributed by atoms with Crippen molar-refractivity contribution in [3.05, 3.63) is 41.3 Å². The molecule has 8 heteroatoms. The Bertz CT molecular complexity index is 729. The molecule has 0 radical (unpaired) electrons. The quantitative estimate of drug-likeness (QED) is 0.452. The number of rotatable bonds is 7. The van der Waals surface area contributed by atoms with Crippen LogP contribution in [0.25, 0.3) is 6.08 Å². The summed E-state index contributed by atoms with van der Waals surface area (Å²) in [5, 5.41) is 8.67. The van der Waals surface area contributed by atoms with E-state index in [1.807, 2.05) is 0 Å². The highest BCUT2D eigenvalue weighted by Gasteiger charge is 2.30. The Hall–Kier alpha value is -2.32. The SMILES string of the molecule is C=CCN1C(=O)/C(=C\c2ccc(OCC(=O)O)c(OC)c2)SC1=S. The van der Waals surface area contributed by atoms with Gasteiger partial charge in [-0.2, -0.15) is 0 Å². The van der Waals surface area contributed by atoms with E-state index >= 15 is 0 Å². The molecule has 126 valence electrons. The average molecular weight is 365 g/mol. The lowest BCUT2D eigenvalue weighted by Crippen LogP contribution is -2.27. The van der Waals surface area contributed by atoms with Crippen LogP contribution in [0.2, 0.25) is 0 Å². The highest BCUT2D eigenvalue weighted by molar-refractivity contribution is 8.26. The fourth-order valence-electron chi connectivity index (χ4n) is 1.97. The summed E-state index contributed by atoms with van der Waals surface area (Å²) in [6.45, 7) is 3.52. The maximum Gasteiger partial charge on any atom is 0.341 e. The maximum atomic E-state index is 12.3. The number of nitrogens with zero attached hydrogens (tertiary/aromatic N) is 1. The standard InChI is InChI=1S/C16H15NO5S2/c1-3-6-17-15(20)13(24-16(17)23)8-10-4-5-11(12(7-10)21-2)22-9-14(18)19/h3-5,7-8H,1,6,9H2,2H3,(H,18,19)/b13-8+. The van der Waals surface area contributed by atoms with Crippen LogP contribution in [0.15, 0.2) is 35.8 Å². The Morgan fingerprint density at radius 3 is 2.83 bits per heavy atom. The lowest BCUT2D eigenvalue weighted by atomic mass is 10.2. The minimum absolute atomic E-state index is 0.171. The predicted octanol–water partition coefficient (Wildman–Crippen LogP) is 2.55. The normalized spacial score (nSPS) is 15.7. The molecular formula is C16H15NO5S2. The van der Waals surface area contributed by atoms with E-state index in [1.54, 1.807) is 30.4 Å². The van der Waals surface area contributed by atoms with Gasteiger partial charge in [-0.15, -0.1) is 6.58 Å². The smallest absolute Gasteiger partial charge is 0.341 e. The van der Waals surface area contributed by atoms with Gasteiger partial charge >= 0.3 is 5.97 Å². The van der Waals surface area contributed by atoms with Gasteiger partial charge < -0.3 is 14.6 Å². The van der Waals surface area contributed by atoms with Crippen LogP contribution in [0.3, 0.4) is 0 Å². The van der Waals surface area contributed by atoms with E-state index in [2.05, 4.69) is 6.58 Å². The molecule has 1 N–H and O–H groups in total. The highest BCUT2D eigenvalue weighted by Crippen LogP contribution is 2.34. The van der Waals surface area contributed by atoms with Crippen LogP contribution < -0.4 is 9.47 Å². The molecule has 1 aliphatic heterocycles. The molecule has 2 rings (SSSR count). The van der Waals surface area contributed by atoms with Crippen molar-refractivity contribution in [1.29, 1.82) is 0 Å². The summed E-state index contributed by atoms with van der Waals surface area (Å²) in [6.07, 6.45) is 3.32. The Morgan fingerprint density at radius 2 is 2.21 bits per heavy atom. The topological polar surface area (TPSA) is 76.1 Å². The van der Waals surface area contributed by atoms with E-state index in [4.69, 9.17) is 26.8 Å². The molecule has 0 saturated carbocycles. The van der Waals surface area contributed by atoms with E-state index < -0.39 is 12.6 Å². The minimum Gasteiger partial charge on any atom is -0.493 e. The van der Waals surface area contributed by atoms with Gasteiger partial charge in [0.05, 0.1) is 12.0 Å². The Morgan fingerprint density at radius 1 is 1.46 bits per heavy atom. The Kier molecular flexibility index (Phi) is 5.99. The lowest BCUT2D eigenvalue weighted by Gasteiger charge is -2.10. The third-order valence-corrected chi connectivity index (χ3v) is 4.40. The number of methoxy groups -OCH3 is 1. The third kappa shape index (κ3) is 4.15. The van der Waals surface area contributed by atoms with E-state index in [0.29, 0.717) is 32.8 Å². The van der Waals surface area contributed by atoms with Crippen LogP contribution in [-0.4, -0.2) is 46.5 Å². The summed E-state index contributed by atoms with van der Waals surface area (Å²) < 4.78 is 10.8. The van der Waals surface area contributed by atoms with Crippen molar-refractivity contribution in [2.24, 2.45) is 0 Å². The number of aliphatic carboxylic acids is 1. The lowest BCUT2D eigenvalue weighted by molar-refractivity contribution is -0.139. The second-order valence-electron chi connectivity index (χ2n) is 4.67. The summed E-state index contributed by atoms with van der Waals surface area (Å²) in [6, 6.07) is 4.97. The van der Waals surface area contributed by atoms with E-state index in [1.165, 1.54) is 23.8 Å². The summed E-state index contributed by atoms with van der Waals surface area (Å²) >= 11 is 6.40. The summed E-state index contributed by atoms with van der Waals surface area (Å²) in [7, 11) is 1.45. The second kappa shape index (κ2) is 7.98. The van der Waals surface area contributed by atoms with E-state index in [-0.39, 0.29) is 5.91 Å². The molecule has 1 aliphatic rings. The number of carbonyl (C=O) groups is 2. The first kappa shape index (κ1) is 18.0. The first-order valence-corrected chi connectivity index (χ1v) is 8.07. The number of carbonyl (C=O) groups excluding carboxylic acids is 1. The number of benzene rings is 1. The molecule has 1 aromatic rings. The van der Waals surface area contributed by atoms with Crippen LogP contribution >= 0.6 is 24.0 Å². The van der Waals surface area contributed by atoms with Gasteiger partial charge in [-0.3, -0.25) is 9.69 Å². The number of hydrogen-bond donors (Lipinski definition) is 1. The van der Waals surface area contributed by atoms with Crippen molar-refractivity contribution in [3.63, 3.8) is 0 Å². The van der Waals surface area contributed by atoms with Crippen molar-refractivity contribution in [2.45, 2.75) is 0 Å². The van der Waals surface area contributed by atoms with Gasteiger partial charge in [0.1, 0.15) is 4.32 Å². The summed E-state index contributed by atoms with van der Waals surface area (Å²) in [4.78, 5) is 24.8. The Labute approximate surface area is 148 Å². The Balaban J connectivity index is 2.23. The zero-order chi connectivity index (χ0) is 17.7. The number of ether oxygens (including phenoxy) is 2. The van der Waals surface area contributed by atoms with Crippen molar-refractivity contribution in [2.75, 3.05) is 20.3 Å². The number of thioether (sulfide) groups is 1. The molecule has 0 aliphatic carbocycles. The number of carboxylic acid groups (broad SMARTS) is 1. The molecule has 0 bridgehead atoms. The van der Waals surface area contributed by atoms with Crippen LogP contribution in [0.4, 0.5) is 0 Å². The van der Waals surface area contributed by atoms with Gasteiger partial charge in [0.25, 0.3) is 5.91 Å². The molecule has 1 saturated heterocycles. The second-order valence-corrected chi connectivity index (χ2v) is 6.35. The van der Waals surface area contributed by atoms with Crippen molar-refractivity contribution in [3.8, 4) is 11.5 Å². The fourth-order valence-corrected chi connectivity index (χ4v) is 3.25. The highest BCUT2D eigenvalue weighted by atomic mass is 32.2. The molecule has 1 aromatic carbocycles. The van der Waals surface area contributed by atoms with Gasteiger partial charge in [0, 0.05) is 6.54 Å². The number of thiocarbonyl (C=S) groups is 1. The molecule has 24 heavy (non-hydrogen) atoms. The van der Waals surface area contributed by atoms with Gasteiger partial charge in [0.2, 0.25) is 0 Å². The monoisotopic (exact) mass is 365 g/mol. The van der Waals surface area contributed by atoms with Crippen molar-refractivity contribution < 1.29 is 24.2 Å². The van der Waals surface area contributed by atoms with Crippen LogP contribution in [0.5, 0.6) is 11.5 Å².